The second-order valence-electron chi connectivity index (χ2n) is 6.02. The maximum Gasteiger partial charge on any atom is 0.223 e. The smallest absolute Gasteiger partial charge is 0.223 e. The number of carbonyl (C=O) groups excluding carboxylic acids is 1. The minimum atomic E-state index is 0.243. The number of fused-ring (bicyclic) bond motifs is 1. The van der Waals surface area contributed by atoms with Gasteiger partial charge in [0.1, 0.15) is 5.65 Å². The summed E-state index contributed by atoms with van der Waals surface area (Å²) in [5.41, 5.74) is 2.26. The quantitative estimate of drug-likeness (QED) is 0.939. The Kier molecular flexibility index (Phi) is 4.23. The van der Waals surface area contributed by atoms with E-state index in [2.05, 4.69) is 22.6 Å². The van der Waals surface area contributed by atoms with E-state index in [1.54, 1.807) is 0 Å². The fourth-order valence-electron chi connectivity index (χ4n) is 3.32. The molecule has 1 N–H and O–H groups in total. The average Bonchev–Trinajstić information content (AvgIpc) is 2.85. The lowest BCUT2D eigenvalue weighted by molar-refractivity contribution is -0.125. The fourth-order valence-corrected chi connectivity index (χ4v) is 3.32. The SMILES string of the molecule is Cn1cc(CCNC(=O)C2CCCCC2)c2cccnc21. The molecule has 3 rings (SSSR count). The molecule has 1 fully saturated rings. The molecular formula is C17H23N3O. The summed E-state index contributed by atoms with van der Waals surface area (Å²) >= 11 is 0. The molecule has 21 heavy (non-hydrogen) atoms. The van der Waals surface area contributed by atoms with Gasteiger partial charge in [0.05, 0.1) is 0 Å². The van der Waals surface area contributed by atoms with Crippen LogP contribution < -0.4 is 5.32 Å². The van der Waals surface area contributed by atoms with Crippen LogP contribution >= 0.6 is 0 Å². The van der Waals surface area contributed by atoms with Gasteiger partial charge in [0.15, 0.2) is 0 Å². The first-order chi connectivity index (χ1) is 10.3. The highest BCUT2D eigenvalue weighted by Crippen LogP contribution is 2.23. The van der Waals surface area contributed by atoms with Crippen LogP contribution in [0.25, 0.3) is 11.0 Å². The number of amides is 1. The Balaban J connectivity index is 1.58. The Hall–Kier alpha value is -1.84. The number of nitrogens with zero attached hydrogens (tertiary/aromatic N) is 2. The highest BCUT2D eigenvalue weighted by atomic mass is 16.1. The molecule has 4 nitrogen and oxygen atoms in total. The van der Waals surface area contributed by atoms with E-state index in [1.807, 2.05) is 23.9 Å². The fraction of sp³-hybridized carbons (Fsp3) is 0.529. The van der Waals surface area contributed by atoms with Gasteiger partial charge in [0.25, 0.3) is 0 Å². The molecule has 2 heterocycles. The summed E-state index contributed by atoms with van der Waals surface area (Å²) in [7, 11) is 2.01. The molecule has 1 saturated carbocycles. The molecule has 4 heteroatoms. The van der Waals surface area contributed by atoms with Crippen LogP contribution in [0.3, 0.4) is 0 Å². The minimum absolute atomic E-state index is 0.243. The number of rotatable bonds is 4. The number of hydrogen-bond acceptors (Lipinski definition) is 2. The molecule has 0 bridgehead atoms. The van der Waals surface area contributed by atoms with Crippen molar-refractivity contribution in [3.05, 3.63) is 30.1 Å². The van der Waals surface area contributed by atoms with Crippen LogP contribution in [0.1, 0.15) is 37.7 Å². The Bertz CT molecular complexity index is 626. The molecule has 0 atom stereocenters. The summed E-state index contributed by atoms with van der Waals surface area (Å²) in [6.45, 7) is 0.712. The molecule has 0 saturated heterocycles. The summed E-state index contributed by atoms with van der Waals surface area (Å²) in [4.78, 5) is 16.5. The van der Waals surface area contributed by atoms with Crippen molar-refractivity contribution in [1.29, 1.82) is 0 Å². The molecule has 0 aromatic carbocycles. The van der Waals surface area contributed by atoms with Gasteiger partial charge in [-0.2, -0.15) is 0 Å². The van der Waals surface area contributed by atoms with Gasteiger partial charge < -0.3 is 9.88 Å². The summed E-state index contributed by atoms with van der Waals surface area (Å²) in [6, 6.07) is 4.06. The van der Waals surface area contributed by atoms with Crippen molar-refractivity contribution in [2.75, 3.05) is 6.54 Å². The van der Waals surface area contributed by atoms with Gasteiger partial charge in [0, 0.05) is 37.3 Å². The number of aryl methyl sites for hydroxylation is 1. The highest BCUT2D eigenvalue weighted by molar-refractivity contribution is 5.81. The lowest BCUT2D eigenvalue weighted by Crippen LogP contribution is -2.33. The predicted octanol–water partition coefficient (Wildman–Crippen LogP) is 2.81. The zero-order valence-electron chi connectivity index (χ0n) is 12.6. The number of hydrogen-bond donors (Lipinski definition) is 1. The molecule has 1 aliphatic rings. The molecule has 0 unspecified atom stereocenters. The molecule has 1 amide bonds. The molecule has 0 aliphatic heterocycles. The first-order valence-corrected chi connectivity index (χ1v) is 7.92. The third-order valence-corrected chi connectivity index (χ3v) is 4.49. The van der Waals surface area contributed by atoms with E-state index in [1.165, 1.54) is 30.2 Å². The minimum Gasteiger partial charge on any atom is -0.356 e. The van der Waals surface area contributed by atoms with E-state index < -0.39 is 0 Å². The van der Waals surface area contributed by atoms with Crippen LogP contribution in [-0.2, 0) is 18.3 Å². The van der Waals surface area contributed by atoms with Gasteiger partial charge >= 0.3 is 0 Å². The van der Waals surface area contributed by atoms with E-state index >= 15 is 0 Å². The van der Waals surface area contributed by atoms with Crippen molar-refractivity contribution in [3.63, 3.8) is 0 Å². The van der Waals surface area contributed by atoms with Crippen LogP contribution in [0, 0.1) is 5.92 Å². The molecule has 0 radical (unpaired) electrons. The van der Waals surface area contributed by atoms with Crippen LogP contribution in [0.15, 0.2) is 24.5 Å². The van der Waals surface area contributed by atoms with Gasteiger partial charge in [-0.1, -0.05) is 19.3 Å². The molecule has 112 valence electrons. The van der Waals surface area contributed by atoms with Gasteiger partial charge in [-0.05, 0) is 37.0 Å². The van der Waals surface area contributed by atoms with E-state index in [9.17, 15) is 4.79 Å². The third-order valence-electron chi connectivity index (χ3n) is 4.49. The lowest BCUT2D eigenvalue weighted by atomic mass is 9.88. The van der Waals surface area contributed by atoms with E-state index in [0.717, 1.165) is 24.9 Å². The van der Waals surface area contributed by atoms with Crippen molar-refractivity contribution >= 4 is 16.9 Å². The highest BCUT2D eigenvalue weighted by Gasteiger charge is 2.20. The number of nitrogens with one attached hydrogen (secondary N) is 1. The predicted molar refractivity (Wildman–Crippen MR) is 84.0 cm³/mol. The van der Waals surface area contributed by atoms with Crippen LogP contribution in [0.2, 0.25) is 0 Å². The standard InChI is InChI=1S/C17H23N3O/c1-20-12-14(15-8-5-10-18-16(15)20)9-11-19-17(21)13-6-3-2-4-7-13/h5,8,10,12-13H,2-4,6-7,9,11H2,1H3,(H,19,21). The van der Waals surface area contributed by atoms with Crippen molar-refractivity contribution in [1.82, 2.24) is 14.9 Å². The average molecular weight is 285 g/mol. The maximum absolute atomic E-state index is 12.1. The summed E-state index contributed by atoms with van der Waals surface area (Å²) < 4.78 is 2.05. The largest absolute Gasteiger partial charge is 0.356 e. The number of carbonyl (C=O) groups is 1. The molecule has 1 aliphatic carbocycles. The Morgan fingerprint density at radius 3 is 3.00 bits per heavy atom. The molecule has 2 aromatic heterocycles. The van der Waals surface area contributed by atoms with Crippen molar-refractivity contribution in [3.8, 4) is 0 Å². The zero-order valence-corrected chi connectivity index (χ0v) is 12.6. The monoisotopic (exact) mass is 285 g/mol. The van der Waals surface area contributed by atoms with Gasteiger partial charge in [-0.15, -0.1) is 0 Å². The molecule has 2 aromatic rings. The van der Waals surface area contributed by atoms with Gasteiger partial charge in [0.2, 0.25) is 5.91 Å². The van der Waals surface area contributed by atoms with Crippen LogP contribution in [-0.4, -0.2) is 22.0 Å². The first kappa shape index (κ1) is 14.1. The van der Waals surface area contributed by atoms with Crippen LogP contribution in [0.4, 0.5) is 0 Å². The Labute approximate surface area is 125 Å². The zero-order chi connectivity index (χ0) is 14.7. The van der Waals surface area contributed by atoms with Crippen LogP contribution in [0.5, 0.6) is 0 Å². The van der Waals surface area contributed by atoms with Gasteiger partial charge in [-0.25, -0.2) is 4.98 Å². The topological polar surface area (TPSA) is 46.9 Å². The number of pyridine rings is 1. The molecule has 0 spiro atoms. The third kappa shape index (κ3) is 3.09. The van der Waals surface area contributed by atoms with Gasteiger partial charge in [-0.3, -0.25) is 4.79 Å². The second-order valence-corrected chi connectivity index (χ2v) is 6.02. The summed E-state index contributed by atoms with van der Waals surface area (Å²) in [5.74, 6) is 0.487. The van der Waals surface area contributed by atoms with E-state index in [0.29, 0.717) is 6.54 Å². The lowest BCUT2D eigenvalue weighted by Gasteiger charge is -2.20. The Morgan fingerprint density at radius 2 is 2.19 bits per heavy atom. The normalized spacial score (nSPS) is 16.2. The Morgan fingerprint density at radius 1 is 1.38 bits per heavy atom. The van der Waals surface area contributed by atoms with E-state index in [-0.39, 0.29) is 11.8 Å². The second kappa shape index (κ2) is 6.29. The summed E-state index contributed by atoms with van der Waals surface area (Å²) in [6.07, 6.45) is 10.6. The maximum atomic E-state index is 12.1. The number of aromatic nitrogens is 2. The molecular weight excluding hydrogens is 262 g/mol. The van der Waals surface area contributed by atoms with Crippen molar-refractivity contribution in [2.45, 2.75) is 38.5 Å². The van der Waals surface area contributed by atoms with E-state index in [4.69, 9.17) is 0 Å². The first-order valence-electron chi connectivity index (χ1n) is 7.92. The summed E-state index contributed by atoms with van der Waals surface area (Å²) in [5, 5.41) is 4.29. The van der Waals surface area contributed by atoms with Crippen molar-refractivity contribution < 1.29 is 4.79 Å². The van der Waals surface area contributed by atoms with Crippen molar-refractivity contribution in [2.24, 2.45) is 13.0 Å².